The summed E-state index contributed by atoms with van der Waals surface area (Å²) in [4.78, 5) is 12.2. The molecule has 1 aromatic carbocycles. The van der Waals surface area contributed by atoms with Crippen LogP contribution in [0.5, 0.6) is 0 Å². The van der Waals surface area contributed by atoms with Gasteiger partial charge in [-0.15, -0.1) is 11.6 Å². The van der Waals surface area contributed by atoms with Crippen LogP contribution in [0.15, 0.2) is 24.3 Å². The fraction of sp³-hybridized carbons (Fsp3) is 0.417. The molecule has 4 heteroatoms. The lowest BCUT2D eigenvalue weighted by atomic mass is 10.1. The lowest BCUT2D eigenvalue weighted by Gasteiger charge is -2.26. The first-order valence-corrected chi connectivity index (χ1v) is 5.20. The number of rotatable bonds is 3. The van der Waals surface area contributed by atoms with Gasteiger partial charge in [0.1, 0.15) is 6.61 Å². The van der Waals surface area contributed by atoms with Gasteiger partial charge in [0.15, 0.2) is 0 Å². The molecule has 1 aliphatic rings. The minimum Gasteiger partial charge on any atom is -0.370 e. The van der Waals surface area contributed by atoms with E-state index in [0.29, 0.717) is 0 Å². The minimum absolute atomic E-state index is 0.0243. The van der Waals surface area contributed by atoms with E-state index in [0.717, 1.165) is 5.56 Å². The number of hydrogen-bond donors (Lipinski definition) is 0. The highest BCUT2D eigenvalue weighted by Crippen LogP contribution is 2.10. The molecule has 0 saturated carbocycles. The summed E-state index contributed by atoms with van der Waals surface area (Å²) in [5.41, 5.74) is 0.768. The molecule has 1 saturated heterocycles. The zero-order valence-corrected chi connectivity index (χ0v) is 9.12. The Labute approximate surface area is 108 Å². The van der Waals surface area contributed by atoms with Crippen LogP contribution < -0.4 is 0 Å². The monoisotopic (exact) mass is 245 g/mol. The number of alkyl halides is 1. The molecule has 3 nitrogen and oxygen atoms in total. The number of morpholine rings is 1. The fourth-order valence-corrected chi connectivity index (χ4v) is 1.37. The van der Waals surface area contributed by atoms with Crippen molar-refractivity contribution >= 4 is 17.5 Å². The maximum Gasteiger partial charge on any atom is 0.248 e. The molecular weight excluding hydrogens is 226 g/mol. The van der Waals surface area contributed by atoms with Gasteiger partial charge in [0.05, 0.1) is 14.8 Å². The van der Waals surface area contributed by atoms with Crippen LogP contribution >= 0.6 is 11.6 Å². The van der Waals surface area contributed by atoms with E-state index in [-0.39, 0.29) is 16.3 Å². The number of carbonyl (C=O) groups is 1. The SMILES string of the molecule is [2H]C([2H])(c1ccc(CCl)cc1)N1C(=O)COC([2H])([2H])C1([2H])[2H]. The van der Waals surface area contributed by atoms with Crippen LogP contribution in [0.3, 0.4) is 0 Å². The molecule has 1 aliphatic heterocycles. The Morgan fingerprint density at radius 3 is 2.81 bits per heavy atom. The Balaban J connectivity index is 2.46. The van der Waals surface area contributed by atoms with Gasteiger partial charge in [0.2, 0.25) is 5.91 Å². The summed E-state index contributed by atoms with van der Waals surface area (Å²) in [6.07, 6.45) is 0. The van der Waals surface area contributed by atoms with Gasteiger partial charge in [-0.2, -0.15) is 0 Å². The quantitative estimate of drug-likeness (QED) is 0.760. The summed E-state index contributed by atoms with van der Waals surface area (Å²) in [6, 6.07) is 5.92. The number of amides is 1. The standard InChI is InChI=1S/C12H14ClNO2/c13-7-10-1-3-11(4-2-10)8-14-5-6-16-9-12(14)15/h1-4H,5-9H2/i5D2,6D2,8D2. The van der Waals surface area contributed by atoms with Crippen molar-refractivity contribution in [3.8, 4) is 0 Å². The highest BCUT2D eigenvalue weighted by atomic mass is 35.5. The molecule has 1 heterocycles. The second-order valence-electron chi connectivity index (χ2n) is 3.17. The molecule has 0 aliphatic carbocycles. The van der Waals surface area contributed by atoms with E-state index in [1.165, 1.54) is 12.1 Å². The third-order valence-electron chi connectivity index (χ3n) is 2.02. The smallest absolute Gasteiger partial charge is 0.248 e. The van der Waals surface area contributed by atoms with Gasteiger partial charge in [0, 0.05) is 18.9 Å². The van der Waals surface area contributed by atoms with E-state index in [1.54, 1.807) is 12.1 Å². The van der Waals surface area contributed by atoms with Crippen molar-refractivity contribution in [2.45, 2.75) is 12.4 Å². The van der Waals surface area contributed by atoms with Gasteiger partial charge in [-0.25, -0.2) is 0 Å². The minimum atomic E-state index is -2.96. The molecular formula is C12H14ClNO2. The van der Waals surface area contributed by atoms with Crippen molar-refractivity contribution in [3.05, 3.63) is 35.4 Å². The molecule has 0 radical (unpaired) electrons. The second kappa shape index (κ2) is 5.32. The number of carbonyl (C=O) groups excluding carboxylic acids is 1. The second-order valence-corrected chi connectivity index (χ2v) is 3.44. The molecule has 0 N–H and O–H groups in total. The molecule has 16 heavy (non-hydrogen) atoms. The highest BCUT2D eigenvalue weighted by molar-refractivity contribution is 6.17. The number of hydrogen-bond acceptors (Lipinski definition) is 2. The summed E-state index contributed by atoms with van der Waals surface area (Å²) in [5.74, 6) is -0.727. The van der Waals surface area contributed by atoms with Crippen LogP contribution in [-0.2, 0) is 21.9 Å². The van der Waals surface area contributed by atoms with Crippen molar-refractivity contribution in [2.24, 2.45) is 0 Å². The van der Waals surface area contributed by atoms with Crippen LogP contribution in [0.4, 0.5) is 0 Å². The number of nitrogens with zero attached hydrogens (tertiary/aromatic N) is 1. The summed E-state index contributed by atoms with van der Waals surface area (Å²) in [5, 5.41) is 0. The lowest BCUT2D eigenvalue weighted by molar-refractivity contribution is -0.143. The molecule has 0 bridgehead atoms. The van der Waals surface area contributed by atoms with Gasteiger partial charge in [-0.3, -0.25) is 4.79 Å². The lowest BCUT2D eigenvalue weighted by Crippen LogP contribution is -2.40. The largest absolute Gasteiger partial charge is 0.370 e. The predicted octanol–water partition coefficient (Wildman–Crippen LogP) is 1.78. The zero-order chi connectivity index (χ0) is 16.8. The normalized spacial score (nSPS) is 29.3. The third kappa shape index (κ3) is 2.74. The van der Waals surface area contributed by atoms with Crippen LogP contribution in [0.1, 0.15) is 19.4 Å². The maximum absolute atomic E-state index is 12.0. The van der Waals surface area contributed by atoms with Crippen LogP contribution in [0, 0.1) is 0 Å². The van der Waals surface area contributed by atoms with E-state index < -0.39 is 32.1 Å². The zero-order valence-electron chi connectivity index (χ0n) is 14.4. The topological polar surface area (TPSA) is 29.5 Å². The molecule has 0 aromatic heterocycles. The van der Waals surface area contributed by atoms with Gasteiger partial charge < -0.3 is 9.64 Å². The molecule has 1 aromatic rings. The number of halogens is 1. The van der Waals surface area contributed by atoms with E-state index in [4.69, 9.17) is 19.8 Å². The van der Waals surface area contributed by atoms with Crippen molar-refractivity contribution < 1.29 is 17.8 Å². The molecule has 86 valence electrons. The average molecular weight is 246 g/mol. The van der Waals surface area contributed by atoms with E-state index >= 15 is 0 Å². The maximum atomic E-state index is 12.0. The first-order valence-electron chi connectivity index (χ1n) is 7.66. The van der Waals surface area contributed by atoms with E-state index in [9.17, 15) is 4.79 Å². The Morgan fingerprint density at radius 2 is 2.12 bits per heavy atom. The molecule has 0 atom stereocenters. The van der Waals surface area contributed by atoms with Gasteiger partial charge >= 0.3 is 0 Å². The average Bonchev–Trinajstić information content (AvgIpc) is 2.43. The molecule has 0 spiro atoms. The van der Waals surface area contributed by atoms with E-state index in [2.05, 4.69) is 4.74 Å². The van der Waals surface area contributed by atoms with Crippen molar-refractivity contribution in [1.82, 2.24) is 4.90 Å². The fourth-order valence-electron chi connectivity index (χ4n) is 1.19. The summed E-state index contributed by atoms with van der Waals surface area (Å²) in [7, 11) is 0. The van der Waals surface area contributed by atoms with Crippen LogP contribution in [0.25, 0.3) is 0 Å². The van der Waals surface area contributed by atoms with Crippen LogP contribution in [-0.4, -0.2) is 30.5 Å². The van der Waals surface area contributed by atoms with Crippen molar-refractivity contribution in [3.63, 3.8) is 0 Å². The number of benzene rings is 1. The summed E-state index contributed by atoms with van der Waals surface area (Å²) in [6.45, 7) is -9.05. The number of ether oxygens (including phenoxy) is 1. The van der Waals surface area contributed by atoms with Gasteiger partial charge in [-0.05, 0) is 11.1 Å². The first kappa shape index (κ1) is 6.03. The molecule has 0 unspecified atom stereocenters. The Kier molecular flexibility index (Phi) is 2.01. The Morgan fingerprint density at radius 1 is 1.44 bits per heavy atom. The van der Waals surface area contributed by atoms with Crippen LogP contribution in [0.2, 0.25) is 0 Å². The molecule has 1 fully saturated rings. The Bertz CT molecular complexity index is 577. The van der Waals surface area contributed by atoms with Gasteiger partial charge in [-0.1, -0.05) is 24.3 Å². The van der Waals surface area contributed by atoms with Crippen molar-refractivity contribution in [1.29, 1.82) is 0 Å². The third-order valence-corrected chi connectivity index (χ3v) is 2.33. The molecule has 2 rings (SSSR count). The Hall–Kier alpha value is -1.06. The predicted molar refractivity (Wildman–Crippen MR) is 62.2 cm³/mol. The van der Waals surface area contributed by atoms with Crippen molar-refractivity contribution in [2.75, 3.05) is 19.7 Å². The summed E-state index contributed by atoms with van der Waals surface area (Å²) >= 11 is 5.66. The summed E-state index contributed by atoms with van der Waals surface area (Å²) < 4.78 is 51.5. The van der Waals surface area contributed by atoms with Gasteiger partial charge in [0.25, 0.3) is 0 Å². The molecule has 1 amide bonds. The first-order chi connectivity index (χ1) is 10.0. The van der Waals surface area contributed by atoms with E-state index in [1.807, 2.05) is 0 Å². The highest BCUT2D eigenvalue weighted by Gasteiger charge is 2.18.